The van der Waals surface area contributed by atoms with Gasteiger partial charge in [-0.1, -0.05) is 18.2 Å². The second kappa shape index (κ2) is 4.36. The molecule has 2 aliphatic rings. The van der Waals surface area contributed by atoms with Crippen LogP contribution < -0.4 is 5.32 Å². The highest BCUT2D eigenvalue weighted by Gasteiger charge is 2.27. The Kier molecular flexibility index (Phi) is 3.29. The molecule has 86 valence electrons. The lowest BCUT2D eigenvalue weighted by Crippen LogP contribution is -2.46. The van der Waals surface area contributed by atoms with Crippen molar-refractivity contribution in [3.63, 3.8) is 0 Å². The molecule has 1 saturated heterocycles. The average Bonchev–Trinajstić information content (AvgIpc) is 1.97. The third kappa shape index (κ3) is 2.90. The van der Waals surface area contributed by atoms with Crippen LogP contribution in [0.1, 0.15) is 46.5 Å². The minimum atomic E-state index is 0.240. The molecule has 1 aliphatic carbocycles. The van der Waals surface area contributed by atoms with E-state index in [0.717, 1.165) is 5.92 Å². The summed E-state index contributed by atoms with van der Waals surface area (Å²) < 4.78 is 0. The van der Waals surface area contributed by atoms with Crippen molar-refractivity contribution in [2.45, 2.75) is 58.0 Å². The molecule has 2 fully saturated rings. The molecular formula is C12H22N2S. The molecule has 0 aromatic carbocycles. The Morgan fingerprint density at radius 3 is 2.73 bits per heavy atom. The summed E-state index contributed by atoms with van der Waals surface area (Å²) in [7, 11) is 0. The molecule has 15 heavy (non-hydrogen) atoms. The number of amidine groups is 1. The fraction of sp³-hybridized carbons (Fsp3) is 0.917. The average molecular weight is 226 g/mol. The van der Waals surface area contributed by atoms with Crippen molar-refractivity contribution in [2.24, 2.45) is 10.9 Å². The summed E-state index contributed by atoms with van der Waals surface area (Å²) in [6, 6.07) is 0.516. The fourth-order valence-electron chi connectivity index (χ4n) is 2.07. The summed E-state index contributed by atoms with van der Waals surface area (Å²) in [6.45, 7) is 6.78. The molecule has 0 aromatic rings. The normalized spacial score (nSPS) is 30.7. The Morgan fingerprint density at radius 2 is 2.20 bits per heavy atom. The monoisotopic (exact) mass is 226 g/mol. The van der Waals surface area contributed by atoms with Gasteiger partial charge in [0, 0.05) is 11.3 Å². The van der Waals surface area contributed by atoms with Crippen LogP contribution in [0, 0.1) is 5.92 Å². The van der Waals surface area contributed by atoms with Crippen LogP contribution in [0.5, 0.6) is 0 Å². The van der Waals surface area contributed by atoms with E-state index in [4.69, 9.17) is 4.99 Å². The molecule has 0 bridgehead atoms. The van der Waals surface area contributed by atoms with E-state index in [1.54, 1.807) is 0 Å². The van der Waals surface area contributed by atoms with Crippen molar-refractivity contribution in [3.05, 3.63) is 0 Å². The van der Waals surface area contributed by atoms with Gasteiger partial charge in [0.2, 0.25) is 0 Å². The number of aliphatic imine (C=N–C) groups is 1. The largest absolute Gasteiger partial charge is 0.360 e. The SMILES string of the molecule is CC(N=C1NC(C)(C)CCS1)C1CCC1. The van der Waals surface area contributed by atoms with Gasteiger partial charge in [-0.2, -0.15) is 0 Å². The first-order chi connectivity index (χ1) is 7.07. The van der Waals surface area contributed by atoms with Crippen LogP contribution in [0.25, 0.3) is 0 Å². The molecule has 3 heteroatoms. The Morgan fingerprint density at radius 1 is 1.47 bits per heavy atom. The van der Waals surface area contributed by atoms with Crippen LogP contribution >= 0.6 is 11.8 Å². The van der Waals surface area contributed by atoms with Crippen LogP contribution in [-0.2, 0) is 0 Å². The minimum absolute atomic E-state index is 0.240. The molecule has 1 unspecified atom stereocenters. The quantitative estimate of drug-likeness (QED) is 0.782. The van der Waals surface area contributed by atoms with Crippen LogP contribution in [0.2, 0.25) is 0 Å². The van der Waals surface area contributed by atoms with Crippen molar-refractivity contribution in [1.82, 2.24) is 5.32 Å². The highest BCUT2D eigenvalue weighted by Crippen LogP contribution is 2.32. The molecule has 0 aromatic heterocycles. The second-order valence-electron chi connectivity index (χ2n) is 5.47. The molecule has 1 aliphatic heterocycles. The van der Waals surface area contributed by atoms with E-state index in [-0.39, 0.29) is 5.54 Å². The van der Waals surface area contributed by atoms with Gasteiger partial charge in [0.25, 0.3) is 0 Å². The number of hydrogen-bond acceptors (Lipinski definition) is 2. The second-order valence-corrected chi connectivity index (χ2v) is 6.56. The van der Waals surface area contributed by atoms with Crippen molar-refractivity contribution < 1.29 is 0 Å². The summed E-state index contributed by atoms with van der Waals surface area (Å²) in [4.78, 5) is 4.82. The molecule has 0 amide bonds. The molecule has 1 saturated carbocycles. The zero-order valence-electron chi connectivity index (χ0n) is 10.0. The van der Waals surface area contributed by atoms with E-state index >= 15 is 0 Å². The number of rotatable bonds is 2. The van der Waals surface area contributed by atoms with Gasteiger partial charge >= 0.3 is 0 Å². The van der Waals surface area contributed by atoms with E-state index in [1.165, 1.54) is 36.6 Å². The maximum atomic E-state index is 4.82. The molecule has 1 atom stereocenters. The van der Waals surface area contributed by atoms with Crippen molar-refractivity contribution >= 4 is 16.9 Å². The van der Waals surface area contributed by atoms with Crippen LogP contribution in [0.4, 0.5) is 0 Å². The van der Waals surface area contributed by atoms with Crippen molar-refractivity contribution in [2.75, 3.05) is 5.75 Å². The summed E-state index contributed by atoms with van der Waals surface area (Å²) >= 11 is 1.88. The molecule has 2 rings (SSSR count). The number of nitrogens with zero attached hydrogens (tertiary/aromatic N) is 1. The van der Waals surface area contributed by atoms with Crippen LogP contribution in [0.15, 0.2) is 4.99 Å². The van der Waals surface area contributed by atoms with Crippen molar-refractivity contribution in [1.29, 1.82) is 0 Å². The van der Waals surface area contributed by atoms with E-state index in [2.05, 4.69) is 26.1 Å². The number of thioether (sulfide) groups is 1. The number of hydrogen-bond donors (Lipinski definition) is 1. The lowest BCUT2D eigenvalue weighted by atomic mass is 9.81. The lowest BCUT2D eigenvalue weighted by molar-refractivity contribution is 0.274. The van der Waals surface area contributed by atoms with Gasteiger partial charge in [-0.3, -0.25) is 4.99 Å². The molecular weight excluding hydrogens is 204 g/mol. The topological polar surface area (TPSA) is 24.4 Å². The third-order valence-corrected chi connectivity index (χ3v) is 4.45. The highest BCUT2D eigenvalue weighted by molar-refractivity contribution is 8.13. The van der Waals surface area contributed by atoms with Gasteiger partial charge in [0.15, 0.2) is 5.17 Å². The Labute approximate surface area is 97.3 Å². The van der Waals surface area contributed by atoms with E-state index in [0.29, 0.717) is 6.04 Å². The summed E-state index contributed by atoms with van der Waals surface area (Å²) in [6.07, 6.45) is 5.40. The minimum Gasteiger partial charge on any atom is -0.360 e. The zero-order chi connectivity index (χ0) is 10.9. The van der Waals surface area contributed by atoms with Gasteiger partial charge in [-0.05, 0) is 46.0 Å². The number of nitrogens with one attached hydrogen (secondary N) is 1. The van der Waals surface area contributed by atoms with E-state index < -0.39 is 0 Å². The third-order valence-electron chi connectivity index (χ3n) is 3.56. The summed E-state index contributed by atoms with van der Waals surface area (Å²) in [5, 5.41) is 4.71. The predicted octanol–water partition coefficient (Wildman–Crippen LogP) is 3.04. The van der Waals surface area contributed by atoms with Crippen LogP contribution in [-0.4, -0.2) is 22.5 Å². The fourth-order valence-corrected chi connectivity index (χ4v) is 3.47. The smallest absolute Gasteiger partial charge is 0.157 e. The summed E-state index contributed by atoms with van der Waals surface area (Å²) in [5.41, 5.74) is 0.240. The van der Waals surface area contributed by atoms with Gasteiger partial charge in [-0.25, -0.2) is 0 Å². The lowest BCUT2D eigenvalue weighted by Gasteiger charge is -2.34. The first-order valence-corrected chi connectivity index (χ1v) is 7.04. The van der Waals surface area contributed by atoms with E-state index in [9.17, 15) is 0 Å². The van der Waals surface area contributed by atoms with Crippen LogP contribution in [0.3, 0.4) is 0 Å². The molecule has 2 nitrogen and oxygen atoms in total. The molecule has 0 spiro atoms. The Hall–Kier alpha value is -0.180. The first-order valence-electron chi connectivity index (χ1n) is 6.06. The highest BCUT2D eigenvalue weighted by atomic mass is 32.2. The van der Waals surface area contributed by atoms with Gasteiger partial charge in [0.1, 0.15) is 0 Å². The van der Waals surface area contributed by atoms with Gasteiger partial charge < -0.3 is 5.32 Å². The maximum Gasteiger partial charge on any atom is 0.157 e. The molecule has 1 heterocycles. The summed E-state index contributed by atoms with van der Waals surface area (Å²) in [5.74, 6) is 2.06. The van der Waals surface area contributed by atoms with Gasteiger partial charge in [0.05, 0.1) is 6.04 Å². The van der Waals surface area contributed by atoms with E-state index in [1.807, 2.05) is 11.8 Å². The maximum absolute atomic E-state index is 4.82. The molecule has 0 radical (unpaired) electrons. The van der Waals surface area contributed by atoms with Crippen molar-refractivity contribution in [3.8, 4) is 0 Å². The standard InChI is InChI=1S/C12H22N2S/c1-9(10-5-4-6-10)13-11-14-12(2,3)7-8-15-11/h9-10H,4-8H2,1-3H3,(H,13,14). The first kappa shape index (κ1) is 11.3. The van der Waals surface area contributed by atoms with Gasteiger partial charge in [-0.15, -0.1) is 0 Å². The molecule has 1 N–H and O–H groups in total. The Bertz CT molecular complexity index is 256. The predicted molar refractivity (Wildman–Crippen MR) is 68.5 cm³/mol. The Balaban J connectivity index is 1.93. The zero-order valence-corrected chi connectivity index (χ0v) is 10.9.